The molecule has 20 heavy (non-hydrogen) atoms. The van der Waals surface area contributed by atoms with E-state index in [0.717, 1.165) is 5.56 Å². The molecule has 0 radical (unpaired) electrons. The summed E-state index contributed by atoms with van der Waals surface area (Å²) in [5.41, 5.74) is 7.84. The molecule has 2 rings (SSSR count). The minimum atomic E-state index is -0.311. The van der Waals surface area contributed by atoms with Crippen molar-refractivity contribution in [3.63, 3.8) is 0 Å². The van der Waals surface area contributed by atoms with Crippen LogP contribution in [0.3, 0.4) is 0 Å². The number of rotatable bonds is 4. The van der Waals surface area contributed by atoms with Crippen LogP contribution >= 0.6 is 0 Å². The number of carbonyl (C=O) groups is 1. The van der Waals surface area contributed by atoms with E-state index < -0.39 is 0 Å². The quantitative estimate of drug-likeness (QED) is 0.748. The maximum absolute atomic E-state index is 11.8. The summed E-state index contributed by atoms with van der Waals surface area (Å²) < 4.78 is 5.09. The zero-order valence-corrected chi connectivity index (χ0v) is 11.2. The number of amides is 2. The summed E-state index contributed by atoms with van der Waals surface area (Å²) in [6.45, 7) is 0.455. The average molecular weight is 271 g/mol. The lowest BCUT2D eigenvalue weighted by atomic mass is 10.2. The zero-order valence-electron chi connectivity index (χ0n) is 11.2. The van der Waals surface area contributed by atoms with Gasteiger partial charge in [-0.2, -0.15) is 0 Å². The summed E-state index contributed by atoms with van der Waals surface area (Å²) in [6, 6.07) is 14.5. The third kappa shape index (κ3) is 3.65. The van der Waals surface area contributed by atoms with Gasteiger partial charge >= 0.3 is 6.03 Å². The SMILES string of the molecule is COc1ccc(N)c(NC(=O)NCc2ccccc2)c1. The fourth-order valence-corrected chi connectivity index (χ4v) is 1.72. The second kappa shape index (κ2) is 6.47. The van der Waals surface area contributed by atoms with Gasteiger partial charge in [0.1, 0.15) is 5.75 Å². The van der Waals surface area contributed by atoms with Gasteiger partial charge in [0.2, 0.25) is 0 Å². The number of nitrogens with one attached hydrogen (secondary N) is 2. The van der Waals surface area contributed by atoms with Crippen LogP contribution in [0.1, 0.15) is 5.56 Å². The summed E-state index contributed by atoms with van der Waals surface area (Å²) in [6.07, 6.45) is 0. The van der Waals surface area contributed by atoms with Gasteiger partial charge in [-0.1, -0.05) is 30.3 Å². The first-order chi connectivity index (χ1) is 9.69. The Morgan fingerprint density at radius 2 is 1.95 bits per heavy atom. The molecule has 0 spiro atoms. The van der Waals surface area contributed by atoms with Crippen LogP contribution in [0.5, 0.6) is 5.75 Å². The van der Waals surface area contributed by atoms with Crippen molar-refractivity contribution < 1.29 is 9.53 Å². The van der Waals surface area contributed by atoms with E-state index in [1.807, 2.05) is 30.3 Å². The van der Waals surface area contributed by atoms with Crippen LogP contribution in [-0.4, -0.2) is 13.1 Å². The topological polar surface area (TPSA) is 76.4 Å². The predicted octanol–water partition coefficient (Wildman–Crippen LogP) is 2.60. The molecule has 5 nitrogen and oxygen atoms in total. The van der Waals surface area contributed by atoms with Gasteiger partial charge in [-0.3, -0.25) is 0 Å². The molecule has 2 amide bonds. The van der Waals surface area contributed by atoms with Gasteiger partial charge < -0.3 is 21.1 Å². The van der Waals surface area contributed by atoms with Crippen LogP contribution in [-0.2, 0) is 6.54 Å². The monoisotopic (exact) mass is 271 g/mol. The van der Waals surface area contributed by atoms with E-state index in [1.54, 1.807) is 25.3 Å². The van der Waals surface area contributed by atoms with E-state index in [1.165, 1.54) is 0 Å². The molecule has 104 valence electrons. The van der Waals surface area contributed by atoms with Crippen molar-refractivity contribution in [2.24, 2.45) is 0 Å². The molecule has 0 aromatic heterocycles. The first kappa shape index (κ1) is 13.7. The van der Waals surface area contributed by atoms with Crippen molar-refractivity contribution in [1.29, 1.82) is 0 Å². The molecule has 0 heterocycles. The number of ether oxygens (including phenoxy) is 1. The van der Waals surface area contributed by atoms with Crippen LogP contribution in [0.25, 0.3) is 0 Å². The lowest BCUT2D eigenvalue weighted by molar-refractivity contribution is 0.251. The number of hydrogen-bond donors (Lipinski definition) is 3. The van der Waals surface area contributed by atoms with E-state index in [4.69, 9.17) is 10.5 Å². The Kier molecular flexibility index (Phi) is 4.44. The van der Waals surface area contributed by atoms with Gasteiger partial charge in [-0.05, 0) is 17.7 Å². The molecule has 0 fully saturated rings. The summed E-state index contributed by atoms with van der Waals surface area (Å²) in [7, 11) is 1.56. The van der Waals surface area contributed by atoms with E-state index in [0.29, 0.717) is 23.7 Å². The van der Waals surface area contributed by atoms with Gasteiger partial charge in [0, 0.05) is 12.6 Å². The maximum Gasteiger partial charge on any atom is 0.319 e. The summed E-state index contributed by atoms with van der Waals surface area (Å²) >= 11 is 0. The largest absolute Gasteiger partial charge is 0.497 e. The normalized spacial score (nSPS) is 9.85. The van der Waals surface area contributed by atoms with Crippen molar-refractivity contribution in [2.45, 2.75) is 6.54 Å². The van der Waals surface area contributed by atoms with E-state index >= 15 is 0 Å². The number of nitrogens with two attached hydrogens (primary N) is 1. The Hall–Kier alpha value is -2.69. The zero-order chi connectivity index (χ0) is 14.4. The van der Waals surface area contributed by atoms with Crippen LogP contribution in [0.2, 0.25) is 0 Å². The minimum absolute atomic E-state index is 0.311. The average Bonchev–Trinajstić information content (AvgIpc) is 2.48. The molecule has 0 unspecified atom stereocenters. The third-order valence-corrected chi connectivity index (χ3v) is 2.80. The summed E-state index contributed by atoms with van der Waals surface area (Å²) in [4.78, 5) is 11.8. The first-order valence-electron chi connectivity index (χ1n) is 6.21. The smallest absolute Gasteiger partial charge is 0.319 e. The highest BCUT2D eigenvalue weighted by Crippen LogP contribution is 2.24. The van der Waals surface area contributed by atoms with E-state index in [2.05, 4.69) is 10.6 Å². The van der Waals surface area contributed by atoms with Crippen molar-refractivity contribution in [1.82, 2.24) is 5.32 Å². The molecule has 0 aliphatic carbocycles. The Morgan fingerprint density at radius 1 is 1.20 bits per heavy atom. The second-order valence-corrected chi connectivity index (χ2v) is 4.25. The summed E-state index contributed by atoms with van der Waals surface area (Å²) in [5.74, 6) is 0.637. The molecule has 2 aromatic rings. The van der Waals surface area contributed by atoms with Crippen molar-refractivity contribution >= 4 is 17.4 Å². The Balaban J connectivity index is 1.94. The fourth-order valence-electron chi connectivity index (χ4n) is 1.72. The lowest BCUT2D eigenvalue weighted by Crippen LogP contribution is -2.28. The molecule has 0 aliphatic heterocycles. The molecule has 0 saturated heterocycles. The standard InChI is InChI=1S/C15H17N3O2/c1-20-12-7-8-13(16)14(9-12)18-15(19)17-10-11-5-3-2-4-6-11/h2-9H,10,16H2,1H3,(H2,17,18,19). The van der Waals surface area contributed by atoms with Crippen LogP contribution < -0.4 is 21.1 Å². The Bertz CT molecular complexity index is 585. The summed E-state index contributed by atoms with van der Waals surface area (Å²) in [5, 5.41) is 5.47. The van der Waals surface area contributed by atoms with Gasteiger partial charge in [0.05, 0.1) is 18.5 Å². The van der Waals surface area contributed by atoms with Gasteiger partial charge in [-0.25, -0.2) is 4.79 Å². The highest BCUT2D eigenvalue weighted by Gasteiger charge is 2.06. The number of benzene rings is 2. The first-order valence-corrected chi connectivity index (χ1v) is 6.21. The molecule has 5 heteroatoms. The highest BCUT2D eigenvalue weighted by molar-refractivity contribution is 5.92. The van der Waals surface area contributed by atoms with E-state index in [-0.39, 0.29) is 6.03 Å². The fraction of sp³-hybridized carbons (Fsp3) is 0.133. The molecule has 2 aromatic carbocycles. The highest BCUT2D eigenvalue weighted by atomic mass is 16.5. The number of carbonyl (C=O) groups excluding carboxylic acids is 1. The number of hydrogen-bond acceptors (Lipinski definition) is 3. The van der Waals surface area contributed by atoms with E-state index in [9.17, 15) is 4.79 Å². The van der Waals surface area contributed by atoms with Gasteiger partial charge in [0.15, 0.2) is 0 Å². The number of nitrogen functional groups attached to an aromatic ring is 1. The third-order valence-electron chi connectivity index (χ3n) is 2.80. The van der Waals surface area contributed by atoms with Crippen molar-refractivity contribution in [3.05, 3.63) is 54.1 Å². The molecular weight excluding hydrogens is 254 g/mol. The molecule has 0 saturated carbocycles. The Morgan fingerprint density at radius 3 is 2.65 bits per heavy atom. The van der Waals surface area contributed by atoms with Crippen LogP contribution in [0.4, 0.5) is 16.2 Å². The van der Waals surface area contributed by atoms with Gasteiger partial charge in [0.25, 0.3) is 0 Å². The molecule has 0 bridgehead atoms. The van der Waals surface area contributed by atoms with Crippen molar-refractivity contribution in [3.8, 4) is 5.75 Å². The van der Waals surface area contributed by atoms with Crippen LogP contribution in [0, 0.1) is 0 Å². The minimum Gasteiger partial charge on any atom is -0.497 e. The van der Waals surface area contributed by atoms with Crippen LogP contribution in [0.15, 0.2) is 48.5 Å². The lowest BCUT2D eigenvalue weighted by Gasteiger charge is -2.11. The van der Waals surface area contributed by atoms with Gasteiger partial charge in [-0.15, -0.1) is 0 Å². The predicted molar refractivity (Wildman–Crippen MR) is 79.7 cm³/mol. The number of urea groups is 1. The molecule has 0 aliphatic rings. The number of anilines is 2. The molecule has 0 atom stereocenters. The Labute approximate surface area is 117 Å². The second-order valence-electron chi connectivity index (χ2n) is 4.25. The molecule has 4 N–H and O–H groups in total. The number of methoxy groups -OCH3 is 1. The van der Waals surface area contributed by atoms with Crippen molar-refractivity contribution in [2.75, 3.05) is 18.2 Å². The molecular formula is C15H17N3O2. The maximum atomic E-state index is 11.8.